The minimum atomic E-state index is -0.265. The molecule has 0 radical (unpaired) electrons. The Kier molecular flexibility index (Phi) is 6.06. The van der Waals surface area contributed by atoms with Gasteiger partial charge in [0.15, 0.2) is 0 Å². The number of piperidine rings is 1. The average Bonchev–Trinajstić information content (AvgIpc) is 3.26. The summed E-state index contributed by atoms with van der Waals surface area (Å²) in [6, 6.07) is 11.8. The molecule has 1 aromatic carbocycles. The summed E-state index contributed by atoms with van der Waals surface area (Å²) in [4.78, 5) is 32.9. The molecule has 2 aromatic heterocycles. The Hall–Kier alpha value is -2.51. The largest absolute Gasteiger partial charge is 0.353 e. The molecule has 0 spiro atoms. The van der Waals surface area contributed by atoms with Crippen LogP contribution in [-0.4, -0.2) is 40.0 Å². The lowest BCUT2D eigenvalue weighted by atomic mass is 9.97. The van der Waals surface area contributed by atoms with E-state index < -0.39 is 0 Å². The Balaban J connectivity index is 1.46. The van der Waals surface area contributed by atoms with Crippen molar-refractivity contribution in [3.8, 4) is 0 Å². The number of hydrogen-bond donors (Lipinski definition) is 1. The fourth-order valence-corrected chi connectivity index (χ4v) is 4.78. The second-order valence-electron chi connectivity index (χ2n) is 7.73. The molecule has 1 aliphatic heterocycles. The SMILES string of the molecule is CC1CCN(C(CNC(=O)Cn2c(=O)cnc3ccccc32)c2cccs2)CC1. The van der Waals surface area contributed by atoms with Crippen molar-refractivity contribution in [2.45, 2.75) is 32.4 Å². The van der Waals surface area contributed by atoms with Crippen molar-refractivity contribution in [3.05, 3.63) is 63.2 Å². The zero-order chi connectivity index (χ0) is 20.2. The number of carbonyl (C=O) groups is 1. The first-order chi connectivity index (χ1) is 14.1. The van der Waals surface area contributed by atoms with Crippen LogP contribution >= 0.6 is 11.3 Å². The highest BCUT2D eigenvalue weighted by molar-refractivity contribution is 7.10. The van der Waals surface area contributed by atoms with Crippen molar-refractivity contribution in [1.82, 2.24) is 19.8 Å². The topological polar surface area (TPSA) is 67.2 Å². The van der Waals surface area contributed by atoms with Crippen LogP contribution in [0.1, 0.15) is 30.7 Å². The van der Waals surface area contributed by atoms with E-state index in [9.17, 15) is 9.59 Å². The van der Waals surface area contributed by atoms with Gasteiger partial charge in [0, 0.05) is 11.4 Å². The van der Waals surface area contributed by atoms with Gasteiger partial charge in [0.05, 0.1) is 23.3 Å². The lowest BCUT2D eigenvalue weighted by molar-refractivity contribution is -0.121. The summed E-state index contributed by atoms with van der Waals surface area (Å²) in [5.41, 5.74) is 1.12. The molecule has 3 aromatic rings. The number of aromatic nitrogens is 2. The van der Waals surface area contributed by atoms with Crippen LogP contribution < -0.4 is 10.9 Å². The number of benzene rings is 1. The second kappa shape index (κ2) is 8.88. The third-order valence-electron chi connectivity index (χ3n) is 5.68. The van der Waals surface area contributed by atoms with Gasteiger partial charge in [-0.15, -0.1) is 11.3 Å². The standard InChI is InChI=1S/C22H26N4O2S/c1-16-8-10-25(11-9-16)19(20-7-4-12-29-20)13-24-21(27)15-26-18-6-3-2-5-17(18)23-14-22(26)28/h2-7,12,14,16,19H,8-11,13,15H2,1H3,(H,24,27). The first-order valence-electron chi connectivity index (χ1n) is 10.1. The van der Waals surface area contributed by atoms with E-state index in [1.165, 1.54) is 28.5 Å². The summed E-state index contributed by atoms with van der Waals surface area (Å²) in [6.45, 7) is 4.94. The van der Waals surface area contributed by atoms with E-state index in [-0.39, 0.29) is 24.1 Å². The van der Waals surface area contributed by atoms with Crippen molar-refractivity contribution in [3.63, 3.8) is 0 Å². The highest BCUT2D eigenvalue weighted by Gasteiger charge is 2.25. The lowest BCUT2D eigenvalue weighted by Crippen LogP contribution is -2.42. The third-order valence-corrected chi connectivity index (χ3v) is 6.65. The maximum atomic E-state index is 12.7. The monoisotopic (exact) mass is 410 g/mol. The van der Waals surface area contributed by atoms with E-state index in [0.717, 1.165) is 19.0 Å². The van der Waals surface area contributed by atoms with Crippen molar-refractivity contribution >= 4 is 28.3 Å². The van der Waals surface area contributed by atoms with Crippen LogP contribution in [0.2, 0.25) is 0 Å². The summed E-state index contributed by atoms with van der Waals surface area (Å²) in [5, 5.41) is 5.15. The summed E-state index contributed by atoms with van der Waals surface area (Å²) < 4.78 is 1.49. The number of amides is 1. The predicted molar refractivity (Wildman–Crippen MR) is 116 cm³/mol. The molecule has 1 aliphatic rings. The molecular weight excluding hydrogens is 384 g/mol. The predicted octanol–water partition coefficient (Wildman–Crippen LogP) is 3.05. The Morgan fingerprint density at radius 2 is 2.03 bits per heavy atom. The number of fused-ring (bicyclic) bond motifs is 1. The average molecular weight is 411 g/mol. The molecule has 0 saturated carbocycles. The molecule has 0 bridgehead atoms. The maximum Gasteiger partial charge on any atom is 0.269 e. The summed E-state index contributed by atoms with van der Waals surface area (Å²) >= 11 is 1.73. The van der Waals surface area contributed by atoms with E-state index in [4.69, 9.17) is 0 Å². The smallest absolute Gasteiger partial charge is 0.269 e. The van der Waals surface area contributed by atoms with Crippen LogP contribution in [0.4, 0.5) is 0 Å². The number of rotatable bonds is 6. The van der Waals surface area contributed by atoms with Crippen LogP contribution in [-0.2, 0) is 11.3 Å². The number of thiophene rings is 1. The Morgan fingerprint density at radius 1 is 1.24 bits per heavy atom. The van der Waals surface area contributed by atoms with Crippen molar-refractivity contribution in [2.75, 3.05) is 19.6 Å². The van der Waals surface area contributed by atoms with Gasteiger partial charge < -0.3 is 5.32 Å². The molecule has 1 N–H and O–H groups in total. The molecule has 1 amide bonds. The van der Waals surface area contributed by atoms with E-state index in [0.29, 0.717) is 17.6 Å². The number of carbonyl (C=O) groups excluding carboxylic acids is 1. The molecule has 1 saturated heterocycles. The Labute approximate surface area is 174 Å². The van der Waals surface area contributed by atoms with Gasteiger partial charge in [-0.1, -0.05) is 25.1 Å². The van der Waals surface area contributed by atoms with E-state index in [2.05, 4.69) is 39.6 Å². The molecule has 152 valence electrons. The normalized spacial score (nSPS) is 16.7. The zero-order valence-corrected chi connectivity index (χ0v) is 17.4. The highest BCUT2D eigenvalue weighted by Crippen LogP contribution is 2.29. The van der Waals surface area contributed by atoms with Crippen LogP contribution in [0.25, 0.3) is 11.0 Å². The van der Waals surface area contributed by atoms with Gasteiger partial charge in [-0.2, -0.15) is 0 Å². The Morgan fingerprint density at radius 3 is 2.79 bits per heavy atom. The minimum Gasteiger partial charge on any atom is -0.353 e. The minimum absolute atomic E-state index is 0.00391. The molecule has 29 heavy (non-hydrogen) atoms. The fraction of sp³-hybridized carbons (Fsp3) is 0.409. The van der Waals surface area contributed by atoms with Gasteiger partial charge in [0.1, 0.15) is 6.54 Å². The van der Waals surface area contributed by atoms with Crippen molar-refractivity contribution < 1.29 is 4.79 Å². The lowest BCUT2D eigenvalue weighted by Gasteiger charge is -2.36. The number of nitrogens with zero attached hydrogens (tertiary/aromatic N) is 3. The van der Waals surface area contributed by atoms with E-state index in [1.807, 2.05) is 24.3 Å². The van der Waals surface area contributed by atoms with Gasteiger partial charge in [-0.05, 0) is 55.4 Å². The molecule has 1 fully saturated rings. The molecule has 4 rings (SSSR count). The van der Waals surface area contributed by atoms with Gasteiger partial charge in [0.25, 0.3) is 5.56 Å². The van der Waals surface area contributed by atoms with Crippen LogP contribution in [0, 0.1) is 5.92 Å². The maximum absolute atomic E-state index is 12.7. The quantitative estimate of drug-likeness (QED) is 0.678. The molecule has 6 nitrogen and oxygen atoms in total. The van der Waals surface area contributed by atoms with Crippen molar-refractivity contribution in [2.24, 2.45) is 5.92 Å². The van der Waals surface area contributed by atoms with Gasteiger partial charge in [-0.3, -0.25) is 19.1 Å². The third kappa shape index (κ3) is 4.57. The molecule has 1 atom stereocenters. The summed E-state index contributed by atoms with van der Waals surface area (Å²) in [5.74, 6) is 0.604. The number of nitrogens with one attached hydrogen (secondary N) is 1. The summed E-state index contributed by atoms with van der Waals surface area (Å²) in [7, 11) is 0. The molecule has 3 heterocycles. The van der Waals surface area contributed by atoms with Gasteiger partial charge in [-0.25, -0.2) is 4.98 Å². The van der Waals surface area contributed by atoms with Gasteiger partial charge >= 0.3 is 0 Å². The number of para-hydroxylation sites is 2. The second-order valence-corrected chi connectivity index (χ2v) is 8.70. The summed E-state index contributed by atoms with van der Waals surface area (Å²) in [6.07, 6.45) is 3.65. The first kappa shape index (κ1) is 19.8. The van der Waals surface area contributed by atoms with Crippen molar-refractivity contribution in [1.29, 1.82) is 0 Å². The highest BCUT2D eigenvalue weighted by atomic mass is 32.1. The van der Waals surface area contributed by atoms with E-state index >= 15 is 0 Å². The molecule has 0 aliphatic carbocycles. The Bertz CT molecular complexity index is 1020. The van der Waals surface area contributed by atoms with Gasteiger partial charge in [0.2, 0.25) is 5.91 Å². The van der Waals surface area contributed by atoms with Crippen LogP contribution in [0.5, 0.6) is 0 Å². The first-order valence-corrected chi connectivity index (χ1v) is 11.0. The zero-order valence-electron chi connectivity index (χ0n) is 16.6. The number of likely N-dealkylation sites (tertiary alicyclic amines) is 1. The molecule has 1 unspecified atom stereocenters. The van der Waals surface area contributed by atoms with E-state index in [1.54, 1.807) is 11.3 Å². The van der Waals surface area contributed by atoms with Crippen LogP contribution in [0.15, 0.2) is 52.8 Å². The molecular formula is C22H26N4O2S. The fourth-order valence-electron chi connectivity index (χ4n) is 3.92. The number of hydrogen-bond acceptors (Lipinski definition) is 5. The molecule has 7 heteroatoms. The van der Waals surface area contributed by atoms with Crippen LogP contribution in [0.3, 0.4) is 0 Å².